The molecule has 0 atom stereocenters. The molecule has 1 aromatic carbocycles. The van der Waals surface area contributed by atoms with Gasteiger partial charge in [0.2, 0.25) is 0 Å². The minimum absolute atomic E-state index is 0.645. The highest BCUT2D eigenvalue weighted by Crippen LogP contribution is 2.32. The third-order valence-corrected chi connectivity index (χ3v) is 5.72. The number of unbranched alkanes of at least 4 members (excludes halogenated alkanes) is 5. The van der Waals surface area contributed by atoms with E-state index >= 15 is 0 Å². The van der Waals surface area contributed by atoms with Crippen molar-refractivity contribution in [3.05, 3.63) is 30.3 Å². The SMILES string of the molecule is CCCCCCCCC1CCC(C#CSc2ccccc2)CC1. The fraction of sp³-hybridized carbons (Fsp3) is 0.636. The first-order valence-corrected chi connectivity index (χ1v) is 10.4. The number of hydrogen-bond donors (Lipinski definition) is 0. The lowest BCUT2D eigenvalue weighted by molar-refractivity contribution is 0.294. The zero-order chi connectivity index (χ0) is 16.2. The van der Waals surface area contributed by atoms with Crippen LogP contribution in [0, 0.1) is 23.0 Å². The van der Waals surface area contributed by atoms with E-state index in [1.165, 1.54) is 75.5 Å². The molecule has 0 saturated heterocycles. The lowest BCUT2D eigenvalue weighted by Crippen LogP contribution is -2.13. The third-order valence-electron chi connectivity index (χ3n) is 4.99. The predicted octanol–water partition coefficient (Wildman–Crippen LogP) is 7.30. The molecule has 0 aliphatic heterocycles. The second-order valence-corrected chi connectivity index (χ2v) is 7.82. The minimum atomic E-state index is 0.645. The molecule has 0 aromatic heterocycles. The Balaban J connectivity index is 1.55. The predicted molar refractivity (Wildman–Crippen MR) is 104 cm³/mol. The summed E-state index contributed by atoms with van der Waals surface area (Å²) >= 11 is 1.68. The quantitative estimate of drug-likeness (QED) is 0.274. The summed E-state index contributed by atoms with van der Waals surface area (Å²) in [5.41, 5.74) is 0. The summed E-state index contributed by atoms with van der Waals surface area (Å²) in [5, 5.41) is 3.32. The van der Waals surface area contributed by atoms with E-state index in [2.05, 4.69) is 48.4 Å². The topological polar surface area (TPSA) is 0 Å². The Hall–Kier alpha value is -0.870. The van der Waals surface area contributed by atoms with Gasteiger partial charge in [-0.25, -0.2) is 0 Å². The van der Waals surface area contributed by atoms with Crippen LogP contribution in [-0.4, -0.2) is 0 Å². The van der Waals surface area contributed by atoms with Gasteiger partial charge in [0.05, 0.1) is 0 Å². The van der Waals surface area contributed by atoms with Crippen molar-refractivity contribution in [1.29, 1.82) is 0 Å². The van der Waals surface area contributed by atoms with Crippen LogP contribution in [0.2, 0.25) is 0 Å². The molecule has 1 heteroatoms. The van der Waals surface area contributed by atoms with E-state index in [9.17, 15) is 0 Å². The van der Waals surface area contributed by atoms with Crippen LogP contribution >= 0.6 is 11.8 Å². The van der Waals surface area contributed by atoms with Gasteiger partial charge in [-0.3, -0.25) is 0 Å². The summed E-state index contributed by atoms with van der Waals surface area (Å²) in [4.78, 5) is 1.26. The fourth-order valence-corrected chi connectivity index (χ4v) is 4.11. The summed E-state index contributed by atoms with van der Waals surface area (Å²) in [6, 6.07) is 10.5. The van der Waals surface area contributed by atoms with E-state index in [4.69, 9.17) is 0 Å². The monoisotopic (exact) mass is 328 g/mol. The average Bonchev–Trinajstić information content (AvgIpc) is 2.60. The Morgan fingerprint density at radius 1 is 0.913 bits per heavy atom. The molecule has 0 amide bonds. The van der Waals surface area contributed by atoms with Gasteiger partial charge in [0.25, 0.3) is 0 Å². The Kier molecular flexibility index (Phi) is 9.34. The van der Waals surface area contributed by atoms with Gasteiger partial charge < -0.3 is 0 Å². The van der Waals surface area contributed by atoms with E-state index in [1.807, 2.05) is 0 Å². The zero-order valence-electron chi connectivity index (χ0n) is 14.7. The number of rotatable bonds is 8. The maximum atomic E-state index is 3.49. The van der Waals surface area contributed by atoms with Gasteiger partial charge in [0, 0.05) is 10.8 Å². The van der Waals surface area contributed by atoms with Crippen molar-refractivity contribution < 1.29 is 0 Å². The Bertz CT molecular complexity index is 460. The normalized spacial score (nSPS) is 20.7. The Morgan fingerprint density at radius 2 is 1.61 bits per heavy atom. The molecule has 0 bridgehead atoms. The largest absolute Gasteiger partial charge is 0.0875 e. The van der Waals surface area contributed by atoms with Crippen LogP contribution in [-0.2, 0) is 0 Å². The van der Waals surface area contributed by atoms with E-state index in [1.54, 1.807) is 11.8 Å². The fourth-order valence-electron chi connectivity index (χ4n) is 3.47. The molecule has 0 nitrogen and oxygen atoms in total. The number of hydrogen-bond acceptors (Lipinski definition) is 1. The van der Waals surface area contributed by atoms with Gasteiger partial charge in [0.1, 0.15) is 0 Å². The molecular weight excluding hydrogens is 296 g/mol. The van der Waals surface area contributed by atoms with Crippen LogP contribution in [0.4, 0.5) is 0 Å². The van der Waals surface area contributed by atoms with Gasteiger partial charge >= 0.3 is 0 Å². The maximum Gasteiger partial charge on any atom is 0.0212 e. The highest BCUT2D eigenvalue weighted by Gasteiger charge is 2.19. The summed E-state index contributed by atoms with van der Waals surface area (Å²) in [7, 11) is 0. The zero-order valence-corrected chi connectivity index (χ0v) is 15.5. The highest BCUT2D eigenvalue weighted by molar-refractivity contribution is 8.03. The first kappa shape index (κ1) is 18.5. The Labute approximate surface area is 147 Å². The van der Waals surface area contributed by atoms with Crippen LogP contribution < -0.4 is 0 Å². The van der Waals surface area contributed by atoms with Crippen LogP contribution in [0.15, 0.2) is 35.2 Å². The smallest absolute Gasteiger partial charge is 0.0212 e. The number of thioether (sulfide) groups is 1. The van der Waals surface area contributed by atoms with E-state index in [0.717, 1.165) is 5.92 Å². The van der Waals surface area contributed by atoms with Crippen molar-refractivity contribution in [3.8, 4) is 11.2 Å². The standard InChI is InChI=1S/C22H32S/c1-2-3-4-5-6-8-11-20-14-16-21(17-15-20)18-19-23-22-12-9-7-10-13-22/h7,9-10,12-13,20-21H,2-6,8,11,14-17H2,1H3. The lowest BCUT2D eigenvalue weighted by Gasteiger charge is -2.25. The lowest BCUT2D eigenvalue weighted by atomic mass is 9.80. The molecule has 1 aliphatic rings. The second-order valence-electron chi connectivity index (χ2n) is 6.94. The summed E-state index contributed by atoms with van der Waals surface area (Å²) in [6.07, 6.45) is 15.5. The summed E-state index contributed by atoms with van der Waals surface area (Å²) < 4.78 is 0. The van der Waals surface area contributed by atoms with Crippen molar-refractivity contribution >= 4 is 11.8 Å². The molecule has 23 heavy (non-hydrogen) atoms. The molecule has 0 N–H and O–H groups in total. The van der Waals surface area contributed by atoms with Crippen LogP contribution in [0.5, 0.6) is 0 Å². The van der Waals surface area contributed by atoms with Crippen molar-refractivity contribution in [3.63, 3.8) is 0 Å². The van der Waals surface area contributed by atoms with Gasteiger partial charge in [-0.15, -0.1) is 0 Å². The van der Waals surface area contributed by atoms with Crippen molar-refractivity contribution in [2.75, 3.05) is 0 Å². The molecule has 1 aliphatic carbocycles. The van der Waals surface area contributed by atoms with Gasteiger partial charge in [-0.05, 0) is 60.7 Å². The average molecular weight is 329 g/mol. The van der Waals surface area contributed by atoms with Crippen molar-refractivity contribution in [1.82, 2.24) is 0 Å². The molecule has 0 unspecified atom stereocenters. The Morgan fingerprint density at radius 3 is 2.35 bits per heavy atom. The first-order chi connectivity index (χ1) is 11.4. The number of benzene rings is 1. The molecular formula is C22H32S. The summed E-state index contributed by atoms with van der Waals surface area (Å²) in [5.74, 6) is 5.13. The molecule has 1 saturated carbocycles. The summed E-state index contributed by atoms with van der Waals surface area (Å²) in [6.45, 7) is 2.29. The van der Waals surface area contributed by atoms with Crippen LogP contribution in [0.25, 0.3) is 0 Å². The van der Waals surface area contributed by atoms with Gasteiger partial charge in [-0.2, -0.15) is 0 Å². The van der Waals surface area contributed by atoms with Gasteiger partial charge in [0.15, 0.2) is 0 Å². The van der Waals surface area contributed by atoms with E-state index < -0.39 is 0 Å². The molecule has 126 valence electrons. The molecule has 2 rings (SSSR count). The van der Waals surface area contributed by atoms with E-state index in [0.29, 0.717) is 5.92 Å². The van der Waals surface area contributed by atoms with Crippen LogP contribution in [0.3, 0.4) is 0 Å². The highest BCUT2D eigenvalue weighted by atomic mass is 32.2. The first-order valence-electron chi connectivity index (χ1n) is 9.61. The molecule has 0 spiro atoms. The van der Waals surface area contributed by atoms with Crippen molar-refractivity contribution in [2.24, 2.45) is 11.8 Å². The minimum Gasteiger partial charge on any atom is -0.0875 e. The second kappa shape index (κ2) is 11.6. The van der Waals surface area contributed by atoms with Crippen LogP contribution in [0.1, 0.15) is 77.6 Å². The third kappa shape index (κ3) is 7.98. The molecule has 1 fully saturated rings. The van der Waals surface area contributed by atoms with Gasteiger partial charge in [-0.1, -0.05) is 76.0 Å². The van der Waals surface area contributed by atoms with Crippen molar-refractivity contribution in [2.45, 2.75) is 82.4 Å². The molecule has 1 aromatic rings. The molecule has 0 heterocycles. The van der Waals surface area contributed by atoms with E-state index in [-0.39, 0.29) is 0 Å². The molecule has 0 radical (unpaired) electrons. The maximum absolute atomic E-state index is 3.49.